The van der Waals surface area contributed by atoms with Gasteiger partial charge in [0.05, 0.1) is 17.9 Å². The maximum Gasteiger partial charge on any atom is 0.338 e. The topological polar surface area (TPSA) is 79.8 Å². The Kier molecular flexibility index (Phi) is 7.30. The lowest BCUT2D eigenvalue weighted by Gasteiger charge is -2.25. The van der Waals surface area contributed by atoms with E-state index >= 15 is 0 Å². The van der Waals surface area contributed by atoms with Crippen molar-refractivity contribution < 1.29 is 14.3 Å². The van der Waals surface area contributed by atoms with Crippen LogP contribution in [0.1, 0.15) is 31.0 Å². The first-order valence-electron chi connectivity index (χ1n) is 9.75. The monoisotopic (exact) mass is 423 g/mol. The summed E-state index contributed by atoms with van der Waals surface area (Å²) in [6, 6.07) is 16.8. The highest BCUT2D eigenvalue weighted by atomic mass is 32.2. The summed E-state index contributed by atoms with van der Waals surface area (Å²) in [7, 11) is 0. The molecule has 2 aromatic carbocycles. The van der Waals surface area contributed by atoms with Crippen molar-refractivity contribution in [3.05, 3.63) is 77.0 Å². The molecule has 2 aromatic rings. The number of anilines is 1. The van der Waals surface area contributed by atoms with Crippen molar-refractivity contribution in [1.82, 2.24) is 5.32 Å². The number of esters is 1. The second kappa shape index (κ2) is 10.1. The molecule has 156 valence electrons. The zero-order chi connectivity index (χ0) is 21.5. The first-order chi connectivity index (χ1) is 14.5. The Hall–Kier alpha value is -3.06. The van der Waals surface area contributed by atoms with Crippen molar-refractivity contribution in [3.63, 3.8) is 0 Å². The molecule has 0 saturated heterocycles. The number of nitrogens with zero attached hydrogens (tertiary/aromatic N) is 1. The number of thioether (sulfide) groups is 1. The van der Waals surface area contributed by atoms with E-state index in [4.69, 9.17) is 9.73 Å². The van der Waals surface area contributed by atoms with Crippen molar-refractivity contribution in [2.45, 2.75) is 26.8 Å². The molecule has 0 aliphatic carbocycles. The molecule has 0 spiro atoms. The summed E-state index contributed by atoms with van der Waals surface area (Å²) in [5.41, 5.74) is 3.95. The molecular formula is C23H25N3O3S. The largest absolute Gasteiger partial charge is 0.463 e. The highest BCUT2D eigenvalue weighted by molar-refractivity contribution is 8.14. The van der Waals surface area contributed by atoms with Crippen molar-refractivity contribution in [2.24, 2.45) is 4.99 Å². The maximum atomic E-state index is 12.5. The average Bonchev–Trinajstić information content (AvgIpc) is 2.74. The highest BCUT2D eigenvalue weighted by Gasteiger charge is 2.30. The lowest BCUT2D eigenvalue weighted by molar-refractivity contribution is -0.139. The Morgan fingerprint density at radius 2 is 1.80 bits per heavy atom. The van der Waals surface area contributed by atoms with Gasteiger partial charge < -0.3 is 15.4 Å². The quantitative estimate of drug-likeness (QED) is 0.681. The van der Waals surface area contributed by atoms with Crippen LogP contribution >= 0.6 is 11.8 Å². The van der Waals surface area contributed by atoms with E-state index in [9.17, 15) is 9.59 Å². The highest BCUT2D eigenvalue weighted by Crippen LogP contribution is 2.32. The molecular weight excluding hydrogens is 398 g/mol. The van der Waals surface area contributed by atoms with E-state index in [1.165, 1.54) is 11.8 Å². The lowest BCUT2D eigenvalue weighted by atomic mass is 9.97. The molecule has 1 aliphatic heterocycles. The minimum Gasteiger partial charge on any atom is -0.463 e. The van der Waals surface area contributed by atoms with E-state index in [2.05, 4.69) is 10.6 Å². The van der Waals surface area contributed by atoms with Crippen LogP contribution < -0.4 is 10.6 Å². The Labute approximate surface area is 180 Å². The number of allylic oxidation sites excluding steroid dienone is 1. The molecule has 2 N–H and O–H groups in total. The standard InChI is InChI=1S/C23H25N3O3S/c1-4-29-22(28)20-16(3)24-23(26-21(20)17-8-6-5-7-9-17)30-14-19(27)25-18-12-10-15(2)11-13-18/h5-13,21H,4,14H2,1-3H3,(H,24,26)(H,25,27)/t21-/m1/s1. The SMILES string of the molecule is CCOC(=O)C1=C(C)NC(SCC(=O)Nc2ccc(C)cc2)=N[C@@H]1c1ccccc1. The van der Waals surface area contributed by atoms with Gasteiger partial charge >= 0.3 is 5.97 Å². The molecule has 0 aromatic heterocycles. The van der Waals surface area contributed by atoms with Crippen molar-refractivity contribution in [1.29, 1.82) is 0 Å². The Bertz CT molecular complexity index is 969. The van der Waals surface area contributed by atoms with Crippen LogP contribution in [0.2, 0.25) is 0 Å². The third kappa shape index (κ3) is 5.51. The molecule has 6 nitrogen and oxygen atoms in total. The summed E-state index contributed by atoms with van der Waals surface area (Å²) in [5.74, 6) is -0.313. The van der Waals surface area contributed by atoms with Gasteiger partial charge in [-0.3, -0.25) is 4.79 Å². The molecule has 1 atom stereocenters. The molecule has 0 fully saturated rings. The van der Waals surface area contributed by atoms with Crippen LogP contribution in [-0.2, 0) is 14.3 Å². The molecule has 7 heteroatoms. The van der Waals surface area contributed by atoms with Crippen molar-refractivity contribution in [2.75, 3.05) is 17.7 Å². The number of aliphatic imine (C=N–C) groups is 1. The zero-order valence-electron chi connectivity index (χ0n) is 17.3. The number of hydrogen-bond donors (Lipinski definition) is 2. The minimum absolute atomic E-state index is 0.123. The lowest BCUT2D eigenvalue weighted by Crippen LogP contribution is -2.31. The predicted octanol–water partition coefficient (Wildman–Crippen LogP) is 4.20. The molecule has 0 unspecified atom stereocenters. The van der Waals surface area contributed by atoms with Crippen molar-refractivity contribution >= 4 is 34.5 Å². The zero-order valence-corrected chi connectivity index (χ0v) is 18.1. The van der Waals surface area contributed by atoms with Crippen LogP contribution in [0.5, 0.6) is 0 Å². The van der Waals surface area contributed by atoms with Gasteiger partial charge in [-0.25, -0.2) is 9.79 Å². The number of aryl methyl sites for hydroxylation is 1. The fourth-order valence-corrected chi connectivity index (χ4v) is 3.78. The molecule has 1 amide bonds. The van der Waals surface area contributed by atoms with Gasteiger partial charge in [-0.15, -0.1) is 0 Å². The number of carbonyl (C=O) groups is 2. The second-order valence-electron chi connectivity index (χ2n) is 6.83. The van der Waals surface area contributed by atoms with Gasteiger partial charge in [-0.2, -0.15) is 0 Å². The van der Waals surface area contributed by atoms with Crippen LogP contribution in [-0.4, -0.2) is 29.4 Å². The van der Waals surface area contributed by atoms with E-state index < -0.39 is 6.04 Å². The molecule has 0 bridgehead atoms. The number of amides is 1. The van der Waals surface area contributed by atoms with E-state index in [1.54, 1.807) is 6.92 Å². The van der Waals surface area contributed by atoms with E-state index in [-0.39, 0.29) is 17.6 Å². The van der Waals surface area contributed by atoms with E-state index in [0.29, 0.717) is 23.0 Å². The third-order valence-corrected chi connectivity index (χ3v) is 5.39. The number of amidine groups is 1. The fraction of sp³-hybridized carbons (Fsp3) is 0.261. The normalized spacial score (nSPS) is 15.8. The Balaban J connectivity index is 1.73. The molecule has 1 heterocycles. The Morgan fingerprint density at radius 3 is 2.47 bits per heavy atom. The third-order valence-electron chi connectivity index (χ3n) is 4.50. The first-order valence-corrected chi connectivity index (χ1v) is 10.7. The molecule has 0 saturated carbocycles. The Morgan fingerprint density at radius 1 is 1.10 bits per heavy atom. The predicted molar refractivity (Wildman–Crippen MR) is 121 cm³/mol. The van der Waals surface area contributed by atoms with Gasteiger partial charge in [0, 0.05) is 11.4 Å². The minimum atomic E-state index is -0.478. The summed E-state index contributed by atoms with van der Waals surface area (Å²) in [6.45, 7) is 5.89. The van der Waals surface area contributed by atoms with Crippen LogP contribution in [0.25, 0.3) is 0 Å². The molecule has 30 heavy (non-hydrogen) atoms. The summed E-state index contributed by atoms with van der Waals surface area (Å²) >= 11 is 1.30. The van der Waals surface area contributed by atoms with Gasteiger partial charge in [-0.1, -0.05) is 59.8 Å². The first kappa shape index (κ1) is 21.6. The van der Waals surface area contributed by atoms with Crippen LogP contribution in [0.3, 0.4) is 0 Å². The average molecular weight is 424 g/mol. The van der Waals surface area contributed by atoms with Crippen LogP contribution in [0.4, 0.5) is 5.69 Å². The van der Waals surface area contributed by atoms with Gasteiger partial charge in [-0.05, 0) is 38.5 Å². The summed E-state index contributed by atoms with van der Waals surface area (Å²) in [5, 5.41) is 6.61. The summed E-state index contributed by atoms with van der Waals surface area (Å²) in [6.07, 6.45) is 0. The molecule has 0 radical (unpaired) electrons. The number of carbonyl (C=O) groups excluding carboxylic acids is 2. The van der Waals surface area contributed by atoms with Gasteiger partial charge in [0.1, 0.15) is 6.04 Å². The molecule has 1 aliphatic rings. The number of rotatable bonds is 6. The summed E-state index contributed by atoms with van der Waals surface area (Å²) in [4.78, 5) is 29.6. The van der Waals surface area contributed by atoms with E-state index in [1.807, 2.05) is 68.4 Å². The van der Waals surface area contributed by atoms with Crippen LogP contribution in [0, 0.1) is 6.92 Å². The molecule has 3 rings (SSSR count). The van der Waals surface area contributed by atoms with Gasteiger partial charge in [0.25, 0.3) is 0 Å². The smallest absolute Gasteiger partial charge is 0.338 e. The van der Waals surface area contributed by atoms with Crippen molar-refractivity contribution in [3.8, 4) is 0 Å². The number of ether oxygens (including phenoxy) is 1. The van der Waals surface area contributed by atoms with Gasteiger partial charge in [0.2, 0.25) is 5.91 Å². The number of benzene rings is 2. The second-order valence-corrected chi connectivity index (χ2v) is 7.80. The number of nitrogens with one attached hydrogen (secondary N) is 2. The van der Waals surface area contributed by atoms with E-state index in [0.717, 1.165) is 16.8 Å². The fourth-order valence-electron chi connectivity index (χ4n) is 3.04. The number of hydrogen-bond acceptors (Lipinski definition) is 6. The maximum absolute atomic E-state index is 12.5. The van der Waals surface area contributed by atoms with Gasteiger partial charge in [0.15, 0.2) is 5.17 Å². The van der Waals surface area contributed by atoms with Crippen LogP contribution in [0.15, 0.2) is 70.9 Å². The summed E-state index contributed by atoms with van der Waals surface area (Å²) < 4.78 is 5.23.